The summed E-state index contributed by atoms with van der Waals surface area (Å²) in [5, 5.41) is 4.75. The molecule has 10 aromatic rings. The van der Waals surface area contributed by atoms with Crippen molar-refractivity contribution in [3.05, 3.63) is 193 Å². The van der Waals surface area contributed by atoms with Crippen molar-refractivity contribution in [2.24, 2.45) is 0 Å². The highest BCUT2D eigenvalue weighted by molar-refractivity contribution is 6.14. The fourth-order valence-electron chi connectivity index (χ4n) is 9.53. The van der Waals surface area contributed by atoms with Crippen LogP contribution in [-0.2, 0) is 10.8 Å². The number of rotatable bonds is 5. The van der Waals surface area contributed by atoms with Crippen molar-refractivity contribution in [3.63, 3.8) is 0 Å². The smallest absolute Gasteiger partial charge is 0.137 e. The third kappa shape index (κ3) is 5.19. The minimum atomic E-state index is -0.0796. The number of nitrogens with zero attached hydrogens (tertiary/aromatic N) is 2. The second kappa shape index (κ2) is 12.6. The van der Waals surface area contributed by atoms with E-state index in [1.807, 2.05) is 6.07 Å². The fraction of sp³-hybridized carbons (Fsp3) is 0.127. The van der Waals surface area contributed by atoms with Gasteiger partial charge >= 0.3 is 0 Å². The summed E-state index contributed by atoms with van der Waals surface area (Å²) in [6.07, 6.45) is 0. The summed E-state index contributed by atoms with van der Waals surface area (Å²) in [4.78, 5) is 2.37. The summed E-state index contributed by atoms with van der Waals surface area (Å²) < 4.78 is 8.82. The summed E-state index contributed by atoms with van der Waals surface area (Å²) in [6.45, 7) is 11.5. The lowest BCUT2D eigenvalue weighted by molar-refractivity contribution is 0.590. The van der Waals surface area contributed by atoms with Crippen LogP contribution in [0.5, 0.6) is 0 Å². The monoisotopic (exact) mass is 748 g/mol. The Kier molecular flexibility index (Phi) is 7.46. The Bertz CT molecular complexity index is 3210. The third-order valence-electron chi connectivity index (χ3n) is 12.6. The molecule has 280 valence electrons. The minimum absolute atomic E-state index is 0.0570. The highest BCUT2D eigenvalue weighted by Crippen LogP contribution is 2.51. The van der Waals surface area contributed by atoms with Crippen LogP contribution in [0.1, 0.15) is 51.3 Å². The second-order valence-corrected chi connectivity index (χ2v) is 17.4. The highest BCUT2D eigenvalue weighted by Gasteiger charge is 2.36. The van der Waals surface area contributed by atoms with Crippen LogP contribution in [0.4, 0.5) is 17.1 Å². The molecule has 0 saturated heterocycles. The zero-order valence-corrected chi connectivity index (χ0v) is 33.5. The number of aromatic nitrogens is 1. The summed E-state index contributed by atoms with van der Waals surface area (Å²) in [5.41, 5.74) is 17.8. The average molecular weight is 749 g/mol. The molecule has 2 heterocycles. The molecular formula is C55H44N2O. The van der Waals surface area contributed by atoms with Crippen LogP contribution in [0.2, 0.25) is 0 Å². The third-order valence-corrected chi connectivity index (χ3v) is 12.6. The number of fused-ring (bicyclic) bond motifs is 9. The summed E-state index contributed by atoms with van der Waals surface area (Å²) in [6, 6.07) is 64.4. The van der Waals surface area contributed by atoms with Crippen molar-refractivity contribution in [3.8, 4) is 27.9 Å². The lowest BCUT2D eigenvalue weighted by Gasteiger charge is -2.27. The predicted octanol–water partition coefficient (Wildman–Crippen LogP) is 15.4. The van der Waals surface area contributed by atoms with Crippen molar-refractivity contribution in [2.45, 2.75) is 45.4 Å². The molecule has 0 fully saturated rings. The first-order valence-corrected chi connectivity index (χ1v) is 20.3. The van der Waals surface area contributed by atoms with E-state index in [0.717, 1.165) is 39.0 Å². The largest absolute Gasteiger partial charge is 0.456 e. The van der Waals surface area contributed by atoms with E-state index in [0.29, 0.717) is 0 Å². The Hall–Kier alpha value is -6.84. The van der Waals surface area contributed by atoms with E-state index in [1.54, 1.807) is 0 Å². The van der Waals surface area contributed by atoms with E-state index in [-0.39, 0.29) is 10.8 Å². The standard InChI is InChI=1S/C55H44N2O/c1-54(2,3)37-25-29-40(30-26-37)56(49-19-13-21-52-53(49)42-17-10-12-20-51(42)58-52)39-27-22-35(23-28-39)36-24-31-48-44(32-36)45-33-43-41-16-9-11-18-46(41)55(4,5)47(43)34-50(45)57(48)38-14-7-6-8-15-38/h6-34H,1-5H3. The maximum Gasteiger partial charge on any atom is 0.137 e. The number of furan rings is 1. The van der Waals surface area contributed by atoms with Gasteiger partial charge in [-0.1, -0.05) is 132 Å². The van der Waals surface area contributed by atoms with Gasteiger partial charge in [-0.2, -0.15) is 0 Å². The van der Waals surface area contributed by atoms with Gasteiger partial charge in [0.25, 0.3) is 0 Å². The first-order chi connectivity index (χ1) is 28.1. The molecule has 1 aliphatic carbocycles. The van der Waals surface area contributed by atoms with Crippen LogP contribution in [0, 0.1) is 0 Å². The molecule has 2 aromatic heterocycles. The molecule has 0 saturated carbocycles. The molecule has 3 nitrogen and oxygen atoms in total. The molecular weight excluding hydrogens is 705 g/mol. The van der Waals surface area contributed by atoms with Crippen LogP contribution in [-0.4, -0.2) is 4.57 Å². The zero-order chi connectivity index (χ0) is 39.3. The molecule has 3 heteroatoms. The molecule has 8 aromatic carbocycles. The molecule has 0 radical (unpaired) electrons. The van der Waals surface area contributed by atoms with Crippen molar-refractivity contribution >= 4 is 60.8 Å². The van der Waals surface area contributed by atoms with Crippen molar-refractivity contribution in [2.75, 3.05) is 4.90 Å². The molecule has 0 aliphatic heterocycles. The topological polar surface area (TPSA) is 21.3 Å². The van der Waals surface area contributed by atoms with Gasteiger partial charge < -0.3 is 13.9 Å². The van der Waals surface area contributed by atoms with Crippen molar-refractivity contribution in [1.29, 1.82) is 0 Å². The lowest BCUT2D eigenvalue weighted by atomic mass is 9.82. The number of hydrogen-bond acceptors (Lipinski definition) is 2. The first-order valence-electron chi connectivity index (χ1n) is 20.3. The van der Waals surface area contributed by atoms with Gasteiger partial charge in [0.2, 0.25) is 0 Å². The SMILES string of the molecule is CC(C)(C)c1ccc(N(c2ccc(-c3ccc4c(c3)c3cc5c(cc3n4-c3ccccc3)C(C)(C)c3ccccc3-5)cc2)c2cccc3oc4ccccc4c23)cc1. The van der Waals surface area contributed by atoms with Gasteiger partial charge in [-0.25, -0.2) is 0 Å². The Labute approximate surface area is 339 Å². The van der Waals surface area contributed by atoms with E-state index >= 15 is 0 Å². The molecule has 0 amide bonds. The Balaban J connectivity index is 1.07. The van der Waals surface area contributed by atoms with Crippen molar-refractivity contribution in [1.82, 2.24) is 4.57 Å². The zero-order valence-electron chi connectivity index (χ0n) is 33.5. The van der Waals surface area contributed by atoms with Crippen LogP contribution in [0.25, 0.3) is 71.7 Å². The Morgan fingerprint density at radius 1 is 0.500 bits per heavy atom. The Morgan fingerprint density at radius 3 is 1.93 bits per heavy atom. The molecule has 0 atom stereocenters. The summed E-state index contributed by atoms with van der Waals surface area (Å²) in [7, 11) is 0. The Morgan fingerprint density at radius 2 is 1.16 bits per heavy atom. The van der Waals surface area contributed by atoms with E-state index in [1.165, 1.54) is 66.4 Å². The van der Waals surface area contributed by atoms with E-state index < -0.39 is 0 Å². The number of benzene rings is 8. The molecule has 58 heavy (non-hydrogen) atoms. The lowest BCUT2D eigenvalue weighted by Crippen LogP contribution is -2.14. The quantitative estimate of drug-likeness (QED) is 0.175. The number of anilines is 3. The van der Waals surface area contributed by atoms with Crippen LogP contribution in [0.3, 0.4) is 0 Å². The van der Waals surface area contributed by atoms with Crippen LogP contribution >= 0.6 is 0 Å². The van der Waals surface area contributed by atoms with E-state index in [4.69, 9.17) is 4.42 Å². The van der Waals surface area contributed by atoms with Gasteiger partial charge in [0.05, 0.1) is 22.1 Å². The maximum absolute atomic E-state index is 6.37. The average Bonchev–Trinajstić information content (AvgIpc) is 3.86. The highest BCUT2D eigenvalue weighted by atomic mass is 16.3. The van der Waals surface area contributed by atoms with Gasteiger partial charge in [-0.15, -0.1) is 0 Å². The molecule has 0 bridgehead atoms. The molecule has 1 aliphatic rings. The van der Waals surface area contributed by atoms with E-state index in [9.17, 15) is 0 Å². The number of para-hydroxylation sites is 2. The molecule has 0 unspecified atom stereocenters. The molecule has 11 rings (SSSR count). The number of hydrogen-bond donors (Lipinski definition) is 0. The van der Waals surface area contributed by atoms with Crippen molar-refractivity contribution < 1.29 is 4.42 Å². The maximum atomic E-state index is 6.37. The molecule has 0 spiro atoms. The molecule has 0 N–H and O–H groups in total. The normalized spacial score (nSPS) is 13.4. The van der Waals surface area contributed by atoms with Crippen LogP contribution < -0.4 is 4.90 Å². The van der Waals surface area contributed by atoms with Gasteiger partial charge in [0.15, 0.2) is 0 Å². The minimum Gasteiger partial charge on any atom is -0.456 e. The van der Waals surface area contributed by atoms with Gasteiger partial charge in [0.1, 0.15) is 11.2 Å². The van der Waals surface area contributed by atoms with Gasteiger partial charge in [-0.05, 0) is 123 Å². The van der Waals surface area contributed by atoms with Crippen LogP contribution in [0.15, 0.2) is 180 Å². The summed E-state index contributed by atoms with van der Waals surface area (Å²) in [5.74, 6) is 0. The predicted molar refractivity (Wildman–Crippen MR) is 244 cm³/mol. The van der Waals surface area contributed by atoms with Gasteiger partial charge in [-0.3, -0.25) is 0 Å². The fourth-order valence-corrected chi connectivity index (χ4v) is 9.53. The second-order valence-electron chi connectivity index (χ2n) is 17.4. The van der Waals surface area contributed by atoms with Gasteiger partial charge in [0, 0.05) is 38.6 Å². The summed E-state index contributed by atoms with van der Waals surface area (Å²) >= 11 is 0. The van der Waals surface area contributed by atoms with E-state index in [2.05, 4.69) is 214 Å². The first kappa shape index (κ1) is 34.4.